The van der Waals surface area contributed by atoms with E-state index in [1.165, 1.54) is 6.42 Å². The first-order valence-electron chi connectivity index (χ1n) is 8.69. The number of hydrogen-bond donors (Lipinski definition) is 1. The van der Waals surface area contributed by atoms with Crippen LogP contribution in [0.15, 0.2) is 48.5 Å². The van der Waals surface area contributed by atoms with Crippen molar-refractivity contribution in [2.75, 3.05) is 25.0 Å². The highest BCUT2D eigenvalue weighted by molar-refractivity contribution is 6.30. The Kier molecular flexibility index (Phi) is 6.12. The van der Waals surface area contributed by atoms with Gasteiger partial charge in [-0.05, 0) is 67.8 Å². The number of nitrogens with one attached hydrogen (secondary N) is 1. The highest BCUT2D eigenvalue weighted by Gasteiger charge is 2.16. The van der Waals surface area contributed by atoms with Gasteiger partial charge in [0.05, 0.1) is 0 Å². The molecule has 0 spiro atoms. The molecule has 2 amide bonds. The number of rotatable bonds is 5. The molecular formula is C20H21ClN2O3. The van der Waals surface area contributed by atoms with Crippen LogP contribution in [0.3, 0.4) is 0 Å². The van der Waals surface area contributed by atoms with Gasteiger partial charge in [0.25, 0.3) is 11.8 Å². The summed E-state index contributed by atoms with van der Waals surface area (Å²) in [6.07, 6.45) is 3.30. The van der Waals surface area contributed by atoms with Gasteiger partial charge in [-0.15, -0.1) is 0 Å². The lowest BCUT2D eigenvalue weighted by Gasteiger charge is -2.26. The third-order valence-electron chi connectivity index (χ3n) is 4.29. The molecule has 2 aromatic carbocycles. The topological polar surface area (TPSA) is 58.6 Å². The van der Waals surface area contributed by atoms with E-state index in [0.717, 1.165) is 25.9 Å². The van der Waals surface area contributed by atoms with E-state index in [0.29, 0.717) is 22.0 Å². The fourth-order valence-electron chi connectivity index (χ4n) is 2.82. The first kappa shape index (κ1) is 18.3. The summed E-state index contributed by atoms with van der Waals surface area (Å²) in [5, 5.41) is 3.41. The maximum atomic E-state index is 12.2. The van der Waals surface area contributed by atoms with Gasteiger partial charge in [0.2, 0.25) is 0 Å². The molecule has 1 N–H and O–H groups in total. The minimum absolute atomic E-state index is 0.00857. The molecule has 0 aromatic heterocycles. The average Bonchev–Trinajstić information content (AvgIpc) is 2.69. The van der Waals surface area contributed by atoms with Crippen molar-refractivity contribution in [1.82, 2.24) is 4.90 Å². The molecule has 2 aromatic rings. The van der Waals surface area contributed by atoms with E-state index in [1.807, 2.05) is 4.90 Å². The van der Waals surface area contributed by atoms with E-state index >= 15 is 0 Å². The Morgan fingerprint density at radius 1 is 0.962 bits per heavy atom. The molecule has 1 aliphatic heterocycles. The van der Waals surface area contributed by atoms with Gasteiger partial charge in [0.15, 0.2) is 6.61 Å². The van der Waals surface area contributed by atoms with E-state index in [2.05, 4.69) is 5.32 Å². The number of benzene rings is 2. The van der Waals surface area contributed by atoms with Crippen molar-refractivity contribution in [3.63, 3.8) is 0 Å². The molecule has 136 valence electrons. The first-order valence-corrected chi connectivity index (χ1v) is 9.07. The Balaban J connectivity index is 1.51. The summed E-state index contributed by atoms with van der Waals surface area (Å²) in [7, 11) is 0. The summed E-state index contributed by atoms with van der Waals surface area (Å²) < 4.78 is 5.55. The molecule has 0 bridgehead atoms. The number of carbonyl (C=O) groups is 2. The van der Waals surface area contributed by atoms with Crippen molar-refractivity contribution in [1.29, 1.82) is 0 Å². The molecule has 0 aliphatic carbocycles. The van der Waals surface area contributed by atoms with Crippen LogP contribution in [0.2, 0.25) is 5.02 Å². The summed E-state index contributed by atoms with van der Waals surface area (Å²) in [4.78, 5) is 26.2. The maximum Gasteiger partial charge on any atom is 0.260 e. The van der Waals surface area contributed by atoms with Crippen LogP contribution in [0, 0.1) is 0 Å². The molecule has 1 heterocycles. The Morgan fingerprint density at radius 3 is 2.27 bits per heavy atom. The number of halogens is 1. The van der Waals surface area contributed by atoms with Gasteiger partial charge in [0, 0.05) is 29.4 Å². The van der Waals surface area contributed by atoms with Gasteiger partial charge in [-0.25, -0.2) is 0 Å². The predicted molar refractivity (Wildman–Crippen MR) is 102 cm³/mol. The van der Waals surface area contributed by atoms with Crippen LogP contribution in [-0.2, 0) is 4.79 Å². The van der Waals surface area contributed by atoms with Crippen molar-refractivity contribution in [3.05, 3.63) is 59.1 Å². The quantitative estimate of drug-likeness (QED) is 0.863. The number of amides is 2. The predicted octanol–water partition coefficient (Wildman–Crippen LogP) is 3.98. The van der Waals surface area contributed by atoms with Gasteiger partial charge in [-0.3, -0.25) is 9.59 Å². The second kappa shape index (κ2) is 8.72. The lowest BCUT2D eigenvalue weighted by molar-refractivity contribution is -0.134. The Bertz CT molecular complexity index is 754. The molecule has 1 fully saturated rings. The van der Waals surface area contributed by atoms with Crippen LogP contribution in [0.5, 0.6) is 5.75 Å². The molecule has 0 atom stereocenters. The molecular weight excluding hydrogens is 352 g/mol. The van der Waals surface area contributed by atoms with Crippen LogP contribution >= 0.6 is 11.6 Å². The molecule has 3 rings (SSSR count). The molecule has 6 heteroatoms. The van der Waals surface area contributed by atoms with E-state index in [4.69, 9.17) is 16.3 Å². The molecule has 0 unspecified atom stereocenters. The minimum atomic E-state index is -0.219. The standard InChI is InChI=1S/C20H21ClN2O3/c21-16-6-8-17(9-7-16)22-20(25)15-4-10-18(11-5-15)26-14-19(24)23-12-2-1-3-13-23/h4-11H,1-3,12-14H2,(H,22,25). The number of anilines is 1. The van der Waals surface area contributed by atoms with Gasteiger partial charge in [-0.2, -0.15) is 0 Å². The van der Waals surface area contributed by atoms with Gasteiger partial charge in [-0.1, -0.05) is 11.6 Å². The van der Waals surface area contributed by atoms with Crippen LogP contribution < -0.4 is 10.1 Å². The molecule has 5 nitrogen and oxygen atoms in total. The number of piperidine rings is 1. The van der Waals surface area contributed by atoms with Crippen LogP contribution in [-0.4, -0.2) is 36.4 Å². The average molecular weight is 373 g/mol. The zero-order chi connectivity index (χ0) is 18.4. The monoisotopic (exact) mass is 372 g/mol. The van der Waals surface area contributed by atoms with Gasteiger partial charge >= 0.3 is 0 Å². The summed E-state index contributed by atoms with van der Waals surface area (Å²) in [5.74, 6) is 0.357. The lowest BCUT2D eigenvalue weighted by atomic mass is 10.1. The number of ether oxygens (including phenoxy) is 1. The first-order chi connectivity index (χ1) is 12.6. The Hall–Kier alpha value is -2.53. The zero-order valence-electron chi connectivity index (χ0n) is 14.4. The third-order valence-corrected chi connectivity index (χ3v) is 4.54. The summed E-state index contributed by atoms with van der Waals surface area (Å²) in [5.41, 5.74) is 1.18. The number of likely N-dealkylation sites (tertiary alicyclic amines) is 1. The second-order valence-electron chi connectivity index (χ2n) is 6.22. The van der Waals surface area contributed by atoms with Crippen molar-refractivity contribution < 1.29 is 14.3 Å². The Morgan fingerprint density at radius 2 is 1.62 bits per heavy atom. The molecule has 0 saturated carbocycles. The molecule has 26 heavy (non-hydrogen) atoms. The normalized spacial score (nSPS) is 14.0. The van der Waals surface area contributed by atoms with Crippen molar-refractivity contribution >= 4 is 29.1 Å². The van der Waals surface area contributed by atoms with Gasteiger partial charge in [0.1, 0.15) is 5.75 Å². The Labute approximate surface area is 157 Å². The van der Waals surface area contributed by atoms with Crippen LogP contribution in [0.4, 0.5) is 5.69 Å². The van der Waals surface area contributed by atoms with Crippen molar-refractivity contribution in [3.8, 4) is 5.75 Å². The fourth-order valence-corrected chi connectivity index (χ4v) is 2.94. The van der Waals surface area contributed by atoms with Crippen LogP contribution in [0.1, 0.15) is 29.6 Å². The van der Waals surface area contributed by atoms with Crippen molar-refractivity contribution in [2.24, 2.45) is 0 Å². The van der Waals surface area contributed by atoms with Gasteiger partial charge < -0.3 is 15.0 Å². The SMILES string of the molecule is O=C(Nc1ccc(Cl)cc1)c1ccc(OCC(=O)N2CCCCC2)cc1. The highest BCUT2D eigenvalue weighted by atomic mass is 35.5. The fraction of sp³-hybridized carbons (Fsp3) is 0.300. The molecule has 1 saturated heterocycles. The van der Waals surface area contributed by atoms with E-state index in [9.17, 15) is 9.59 Å². The third kappa shape index (κ3) is 4.99. The van der Waals surface area contributed by atoms with E-state index < -0.39 is 0 Å². The highest BCUT2D eigenvalue weighted by Crippen LogP contribution is 2.17. The lowest BCUT2D eigenvalue weighted by Crippen LogP contribution is -2.38. The smallest absolute Gasteiger partial charge is 0.260 e. The maximum absolute atomic E-state index is 12.2. The number of carbonyl (C=O) groups excluding carboxylic acids is 2. The molecule has 1 aliphatic rings. The van der Waals surface area contributed by atoms with Crippen LogP contribution in [0.25, 0.3) is 0 Å². The zero-order valence-corrected chi connectivity index (χ0v) is 15.2. The minimum Gasteiger partial charge on any atom is -0.484 e. The van der Waals surface area contributed by atoms with Crippen molar-refractivity contribution in [2.45, 2.75) is 19.3 Å². The molecule has 0 radical (unpaired) electrons. The number of hydrogen-bond acceptors (Lipinski definition) is 3. The van der Waals surface area contributed by atoms with E-state index in [-0.39, 0.29) is 18.4 Å². The largest absolute Gasteiger partial charge is 0.484 e. The number of nitrogens with zero attached hydrogens (tertiary/aromatic N) is 1. The summed E-state index contributed by atoms with van der Waals surface area (Å²) in [6.45, 7) is 1.65. The van der Waals surface area contributed by atoms with E-state index in [1.54, 1.807) is 48.5 Å². The summed E-state index contributed by atoms with van der Waals surface area (Å²) >= 11 is 5.83. The summed E-state index contributed by atoms with van der Waals surface area (Å²) in [6, 6.07) is 13.6. The second-order valence-corrected chi connectivity index (χ2v) is 6.65.